The van der Waals surface area contributed by atoms with Crippen LogP contribution in [0.25, 0.3) is 0 Å². The Hall–Kier alpha value is -0.740. The highest BCUT2D eigenvalue weighted by Gasteiger charge is 2.52. The van der Waals surface area contributed by atoms with E-state index in [-0.39, 0.29) is 5.91 Å². The van der Waals surface area contributed by atoms with Gasteiger partial charge in [-0.3, -0.25) is 14.6 Å². The fraction of sp³-hybridized carbons (Fsp3) is 0.944. The van der Waals surface area contributed by atoms with Crippen molar-refractivity contribution in [2.75, 3.05) is 39.3 Å². The van der Waals surface area contributed by atoms with Gasteiger partial charge >= 0.3 is 0 Å². The predicted molar refractivity (Wildman–Crippen MR) is 104 cm³/mol. The predicted octanol–water partition coefficient (Wildman–Crippen LogP) is -0.424. The SMILES string of the molecule is CC(C)S(=O)(=O)N1CCN(CC(O)CN2[C@@H]3CCC[C@@]2(C(N)=O)CC3)CC1. The molecule has 2 bridgehead atoms. The van der Waals surface area contributed by atoms with E-state index >= 15 is 0 Å². The van der Waals surface area contributed by atoms with Crippen LogP contribution in [0.15, 0.2) is 0 Å². The highest BCUT2D eigenvalue weighted by molar-refractivity contribution is 7.89. The Kier molecular flexibility index (Phi) is 6.17. The summed E-state index contributed by atoms with van der Waals surface area (Å²) in [6.07, 6.45) is 4.07. The Morgan fingerprint density at radius 1 is 1.15 bits per heavy atom. The lowest BCUT2D eigenvalue weighted by atomic mass is 9.87. The van der Waals surface area contributed by atoms with Crippen LogP contribution < -0.4 is 5.73 Å². The van der Waals surface area contributed by atoms with E-state index in [0.29, 0.717) is 45.3 Å². The lowest BCUT2D eigenvalue weighted by molar-refractivity contribution is -0.132. The van der Waals surface area contributed by atoms with Crippen molar-refractivity contribution in [3.8, 4) is 0 Å². The zero-order chi connectivity index (χ0) is 19.8. The zero-order valence-corrected chi connectivity index (χ0v) is 17.3. The number of amides is 1. The van der Waals surface area contributed by atoms with Crippen LogP contribution in [0.3, 0.4) is 0 Å². The Morgan fingerprint density at radius 2 is 1.81 bits per heavy atom. The number of piperidine rings is 1. The number of carbonyl (C=O) groups excluding carboxylic acids is 1. The van der Waals surface area contributed by atoms with Crippen molar-refractivity contribution >= 4 is 15.9 Å². The molecule has 0 aromatic carbocycles. The number of nitrogens with zero attached hydrogens (tertiary/aromatic N) is 3. The molecule has 8 nitrogen and oxygen atoms in total. The monoisotopic (exact) mass is 402 g/mol. The molecule has 3 heterocycles. The quantitative estimate of drug-likeness (QED) is 0.599. The van der Waals surface area contributed by atoms with Gasteiger partial charge in [0.2, 0.25) is 15.9 Å². The largest absolute Gasteiger partial charge is 0.390 e. The minimum Gasteiger partial charge on any atom is -0.390 e. The maximum absolute atomic E-state index is 12.3. The van der Waals surface area contributed by atoms with Gasteiger partial charge in [0, 0.05) is 45.3 Å². The molecular formula is C18H34N4O4S. The first-order chi connectivity index (χ1) is 12.7. The second-order valence-electron chi connectivity index (χ2n) is 8.58. The van der Waals surface area contributed by atoms with Crippen molar-refractivity contribution in [1.82, 2.24) is 14.1 Å². The molecule has 0 radical (unpaired) electrons. The number of primary amides is 1. The van der Waals surface area contributed by atoms with Crippen molar-refractivity contribution in [2.45, 2.75) is 68.9 Å². The van der Waals surface area contributed by atoms with E-state index in [1.54, 1.807) is 18.2 Å². The van der Waals surface area contributed by atoms with E-state index in [1.807, 2.05) is 0 Å². The molecule has 3 saturated heterocycles. The first-order valence-corrected chi connectivity index (χ1v) is 11.6. The van der Waals surface area contributed by atoms with Gasteiger partial charge in [-0.25, -0.2) is 8.42 Å². The smallest absolute Gasteiger partial charge is 0.237 e. The number of hydrogen-bond donors (Lipinski definition) is 2. The molecule has 156 valence electrons. The summed E-state index contributed by atoms with van der Waals surface area (Å²) in [6, 6.07) is 0.342. The molecule has 3 N–H and O–H groups in total. The summed E-state index contributed by atoms with van der Waals surface area (Å²) in [7, 11) is -3.21. The van der Waals surface area contributed by atoms with Crippen LogP contribution in [0.4, 0.5) is 0 Å². The van der Waals surface area contributed by atoms with Gasteiger partial charge in [0.1, 0.15) is 5.54 Å². The van der Waals surface area contributed by atoms with Crippen molar-refractivity contribution < 1.29 is 18.3 Å². The molecule has 0 saturated carbocycles. The van der Waals surface area contributed by atoms with Gasteiger partial charge in [0.15, 0.2) is 0 Å². The molecule has 0 aromatic rings. The molecule has 0 spiro atoms. The van der Waals surface area contributed by atoms with Gasteiger partial charge in [-0.2, -0.15) is 4.31 Å². The van der Waals surface area contributed by atoms with Gasteiger partial charge in [0.05, 0.1) is 11.4 Å². The highest BCUT2D eigenvalue weighted by Crippen LogP contribution is 2.43. The third-order valence-electron chi connectivity index (χ3n) is 6.63. The summed E-state index contributed by atoms with van der Waals surface area (Å²) in [6.45, 7) is 6.52. The molecule has 1 amide bonds. The number of fused-ring (bicyclic) bond motifs is 2. The fourth-order valence-corrected chi connectivity index (χ4v) is 6.28. The van der Waals surface area contributed by atoms with Crippen molar-refractivity contribution in [1.29, 1.82) is 0 Å². The Morgan fingerprint density at radius 3 is 2.41 bits per heavy atom. The second kappa shape index (κ2) is 7.94. The molecule has 9 heteroatoms. The Balaban J connectivity index is 1.53. The number of piperazine rings is 1. The lowest BCUT2D eigenvalue weighted by Crippen LogP contribution is -2.60. The number of rotatable bonds is 7. The van der Waals surface area contributed by atoms with Crippen LogP contribution in [0.1, 0.15) is 46.0 Å². The topological polar surface area (TPSA) is 107 Å². The average molecular weight is 403 g/mol. The van der Waals surface area contributed by atoms with Crippen LogP contribution in [0.5, 0.6) is 0 Å². The summed E-state index contributed by atoms with van der Waals surface area (Å²) < 4.78 is 26.1. The van der Waals surface area contributed by atoms with E-state index in [2.05, 4.69) is 9.80 Å². The van der Waals surface area contributed by atoms with Crippen molar-refractivity contribution in [3.63, 3.8) is 0 Å². The average Bonchev–Trinajstić information content (AvgIpc) is 2.80. The maximum atomic E-state index is 12.3. The highest BCUT2D eigenvalue weighted by atomic mass is 32.2. The Bertz CT molecular complexity index is 644. The molecule has 3 rings (SSSR count). The lowest BCUT2D eigenvalue weighted by Gasteiger charge is -2.44. The molecule has 27 heavy (non-hydrogen) atoms. The van der Waals surface area contributed by atoms with Gasteiger partial charge in [-0.05, 0) is 46.0 Å². The molecule has 3 aliphatic rings. The number of carbonyl (C=O) groups is 1. The summed E-state index contributed by atoms with van der Waals surface area (Å²) in [5.74, 6) is -0.260. The molecule has 3 atom stereocenters. The molecule has 3 fully saturated rings. The molecular weight excluding hydrogens is 368 g/mol. The standard InChI is InChI=1S/C18H34N4O4S/c1-14(2)27(25,26)21-10-8-20(9-11-21)12-16(23)13-22-15-4-3-6-18(22,7-5-15)17(19)24/h14-16,23H,3-13H2,1-2H3,(H2,19,24)/t15-,16?,18+/m1/s1. The van der Waals surface area contributed by atoms with E-state index in [9.17, 15) is 18.3 Å². The molecule has 0 aromatic heterocycles. The second-order valence-corrected chi connectivity index (χ2v) is 11.1. The number of β-amino-alcohol motifs (C(OH)–C–C–N with tert-alkyl or cyclic N) is 1. The van der Waals surface area contributed by atoms with E-state index < -0.39 is 26.9 Å². The van der Waals surface area contributed by atoms with Crippen LogP contribution in [0, 0.1) is 0 Å². The van der Waals surface area contributed by atoms with Gasteiger partial charge in [-0.15, -0.1) is 0 Å². The summed E-state index contributed by atoms with van der Waals surface area (Å²) in [5.41, 5.74) is 5.16. The Labute approximate surface area is 162 Å². The van der Waals surface area contributed by atoms with E-state index in [1.165, 1.54) is 0 Å². The van der Waals surface area contributed by atoms with Gasteiger partial charge < -0.3 is 10.8 Å². The van der Waals surface area contributed by atoms with Crippen LogP contribution >= 0.6 is 0 Å². The van der Waals surface area contributed by atoms with Crippen molar-refractivity contribution in [2.24, 2.45) is 5.73 Å². The van der Waals surface area contributed by atoms with Crippen LogP contribution in [-0.4, -0.2) is 95.7 Å². The molecule has 1 unspecified atom stereocenters. The van der Waals surface area contributed by atoms with E-state index in [4.69, 9.17) is 5.73 Å². The first kappa shape index (κ1) is 21.0. The maximum Gasteiger partial charge on any atom is 0.237 e. The number of aliphatic hydroxyl groups excluding tert-OH is 1. The number of aliphatic hydroxyl groups is 1. The number of hydrogen-bond acceptors (Lipinski definition) is 6. The fourth-order valence-electron chi connectivity index (χ4n) is 5.01. The van der Waals surface area contributed by atoms with Crippen LogP contribution in [-0.2, 0) is 14.8 Å². The zero-order valence-electron chi connectivity index (χ0n) is 16.5. The normalized spacial score (nSPS) is 32.1. The van der Waals surface area contributed by atoms with Gasteiger partial charge in [0.25, 0.3) is 0 Å². The summed E-state index contributed by atoms with van der Waals surface area (Å²) in [4.78, 5) is 16.4. The summed E-state index contributed by atoms with van der Waals surface area (Å²) >= 11 is 0. The summed E-state index contributed by atoms with van der Waals surface area (Å²) in [5, 5.41) is 10.3. The molecule has 0 aliphatic carbocycles. The minimum atomic E-state index is -3.21. The third-order valence-corrected chi connectivity index (χ3v) is 8.91. The third kappa shape index (κ3) is 4.03. The number of sulfonamides is 1. The van der Waals surface area contributed by atoms with Gasteiger partial charge in [-0.1, -0.05) is 0 Å². The first-order valence-electron chi connectivity index (χ1n) is 10.1. The van der Waals surface area contributed by atoms with Crippen LogP contribution in [0.2, 0.25) is 0 Å². The molecule has 3 aliphatic heterocycles. The van der Waals surface area contributed by atoms with E-state index in [0.717, 1.165) is 32.1 Å². The minimum absolute atomic E-state index is 0.260. The number of nitrogens with two attached hydrogens (primary N) is 1. The van der Waals surface area contributed by atoms with Crippen molar-refractivity contribution in [3.05, 3.63) is 0 Å².